The van der Waals surface area contributed by atoms with Crippen LogP contribution in [0.2, 0.25) is 0 Å². The lowest BCUT2D eigenvalue weighted by atomic mass is 10.2. The Morgan fingerprint density at radius 2 is 2.16 bits per heavy atom. The molecule has 0 saturated heterocycles. The lowest BCUT2D eigenvalue weighted by Crippen LogP contribution is -2.13. The third-order valence-electron chi connectivity index (χ3n) is 2.41. The van der Waals surface area contributed by atoms with Gasteiger partial charge in [0.15, 0.2) is 0 Å². The number of nitrogens with zero attached hydrogens (tertiary/aromatic N) is 2. The van der Waals surface area contributed by atoms with E-state index in [1.54, 1.807) is 24.3 Å². The number of aromatic nitrogens is 1. The van der Waals surface area contributed by atoms with Gasteiger partial charge in [-0.25, -0.2) is 4.98 Å². The van der Waals surface area contributed by atoms with E-state index in [1.165, 1.54) is 18.3 Å². The molecule has 1 aromatic heterocycles. The van der Waals surface area contributed by atoms with Crippen LogP contribution in [0.1, 0.15) is 26.4 Å². The van der Waals surface area contributed by atoms with Gasteiger partial charge >= 0.3 is 0 Å². The molecule has 5 heteroatoms. The second kappa shape index (κ2) is 5.56. The van der Waals surface area contributed by atoms with E-state index < -0.39 is 5.91 Å². The molecular formula is C14H9N3O2. The number of carbonyl (C=O) groups is 2. The highest BCUT2D eigenvalue weighted by Gasteiger charge is 2.07. The summed E-state index contributed by atoms with van der Waals surface area (Å²) in [5, 5.41) is 11.3. The normalized spacial score (nSPS) is 9.42. The Hall–Kier alpha value is -3.00. The first-order valence-corrected chi connectivity index (χ1v) is 5.45. The molecule has 1 amide bonds. The predicted molar refractivity (Wildman–Crippen MR) is 68.7 cm³/mol. The highest BCUT2D eigenvalue weighted by molar-refractivity contribution is 6.03. The van der Waals surface area contributed by atoms with Gasteiger partial charge in [0.1, 0.15) is 18.0 Å². The van der Waals surface area contributed by atoms with Crippen LogP contribution in [-0.2, 0) is 0 Å². The second-order valence-corrected chi connectivity index (χ2v) is 3.74. The largest absolute Gasteiger partial charge is 0.321 e. The summed E-state index contributed by atoms with van der Waals surface area (Å²) in [5.74, 6) is -0.396. The van der Waals surface area contributed by atoms with Gasteiger partial charge in [-0.15, -0.1) is 0 Å². The molecule has 0 aliphatic rings. The van der Waals surface area contributed by atoms with E-state index >= 15 is 0 Å². The molecule has 5 nitrogen and oxygen atoms in total. The smallest absolute Gasteiger partial charge is 0.274 e. The molecule has 1 N–H and O–H groups in total. The molecule has 0 radical (unpaired) electrons. The summed E-state index contributed by atoms with van der Waals surface area (Å²) in [6, 6.07) is 11.5. The maximum atomic E-state index is 11.9. The lowest BCUT2D eigenvalue weighted by Gasteiger charge is -2.04. The summed E-state index contributed by atoms with van der Waals surface area (Å²) in [6.45, 7) is 0. The zero-order valence-electron chi connectivity index (χ0n) is 9.83. The van der Waals surface area contributed by atoms with Crippen molar-refractivity contribution in [2.75, 3.05) is 5.32 Å². The van der Waals surface area contributed by atoms with E-state index in [4.69, 9.17) is 5.26 Å². The summed E-state index contributed by atoms with van der Waals surface area (Å²) in [5.41, 5.74) is 1.58. The van der Waals surface area contributed by atoms with Crippen molar-refractivity contribution in [2.24, 2.45) is 0 Å². The zero-order valence-corrected chi connectivity index (χ0v) is 9.83. The van der Waals surface area contributed by atoms with Gasteiger partial charge in [0.2, 0.25) is 0 Å². The van der Waals surface area contributed by atoms with Crippen LogP contribution in [-0.4, -0.2) is 17.2 Å². The van der Waals surface area contributed by atoms with Gasteiger partial charge in [-0.05, 0) is 24.3 Å². The van der Waals surface area contributed by atoms with Crippen LogP contribution < -0.4 is 5.32 Å². The van der Waals surface area contributed by atoms with Crippen LogP contribution in [0, 0.1) is 11.3 Å². The molecule has 0 saturated carbocycles. The van der Waals surface area contributed by atoms with Gasteiger partial charge in [0.05, 0.1) is 5.56 Å². The van der Waals surface area contributed by atoms with Crippen molar-refractivity contribution >= 4 is 17.9 Å². The first-order valence-electron chi connectivity index (χ1n) is 5.45. The minimum atomic E-state index is -0.396. The van der Waals surface area contributed by atoms with Crippen molar-refractivity contribution in [3.05, 3.63) is 59.4 Å². The lowest BCUT2D eigenvalue weighted by molar-refractivity contribution is 0.102. The number of amides is 1. The number of nitriles is 1. The van der Waals surface area contributed by atoms with Crippen molar-refractivity contribution in [2.45, 2.75) is 0 Å². The van der Waals surface area contributed by atoms with Crippen molar-refractivity contribution in [1.29, 1.82) is 5.26 Å². The Kier molecular flexibility index (Phi) is 3.64. The number of nitrogens with one attached hydrogen (secondary N) is 1. The number of hydrogen-bond donors (Lipinski definition) is 1. The van der Waals surface area contributed by atoms with Gasteiger partial charge < -0.3 is 5.32 Å². The summed E-state index contributed by atoms with van der Waals surface area (Å²) in [7, 11) is 0. The third kappa shape index (κ3) is 3.01. The Morgan fingerprint density at radius 3 is 2.79 bits per heavy atom. The SMILES string of the molecule is N#Cc1ccc(C(=O)Nc2cccc(C=O)c2)nc1. The Balaban J connectivity index is 2.15. The molecule has 1 heterocycles. The van der Waals surface area contributed by atoms with E-state index in [0.717, 1.165) is 0 Å². The number of rotatable bonds is 3. The van der Waals surface area contributed by atoms with E-state index in [9.17, 15) is 9.59 Å². The van der Waals surface area contributed by atoms with Crippen LogP contribution in [0.5, 0.6) is 0 Å². The molecule has 1 aromatic carbocycles. The first kappa shape index (κ1) is 12.5. The fourth-order valence-electron chi connectivity index (χ4n) is 1.48. The van der Waals surface area contributed by atoms with Crippen LogP contribution in [0.15, 0.2) is 42.6 Å². The van der Waals surface area contributed by atoms with Crippen LogP contribution in [0.25, 0.3) is 0 Å². The fourth-order valence-corrected chi connectivity index (χ4v) is 1.48. The van der Waals surface area contributed by atoms with Gasteiger partial charge in [0.25, 0.3) is 5.91 Å². The van der Waals surface area contributed by atoms with Crippen LogP contribution in [0.4, 0.5) is 5.69 Å². The highest BCUT2D eigenvalue weighted by Crippen LogP contribution is 2.10. The molecule has 0 fully saturated rings. The number of aldehydes is 1. The van der Waals surface area contributed by atoms with E-state index in [-0.39, 0.29) is 5.69 Å². The second-order valence-electron chi connectivity index (χ2n) is 3.74. The van der Waals surface area contributed by atoms with Crippen molar-refractivity contribution in [1.82, 2.24) is 4.98 Å². The molecule has 0 aliphatic carbocycles. The Labute approximate surface area is 109 Å². The molecule has 0 spiro atoms. The molecule has 0 bridgehead atoms. The molecule has 0 aliphatic heterocycles. The molecule has 92 valence electrons. The molecule has 0 unspecified atom stereocenters. The maximum absolute atomic E-state index is 11.9. The number of pyridine rings is 1. The van der Waals surface area contributed by atoms with Crippen molar-refractivity contribution < 1.29 is 9.59 Å². The van der Waals surface area contributed by atoms with E-state index in [0.29, 0.717) is 23.1 Å². The third-order valence-corrected chi connectivity index (χ3v) is 2.41. The first-order chi connectivity index (χ1) is 9.22. The number of benzene rings is 1. The molecule has 2 rings (SSSR count). The van der Waals surface area contributed by atoms with E-state index in [1.807, 2.05) is 6.07 Å². The van der Waals surface area contributed by atoms with Crippen LogP contribution in [0.3, 0.4) is 0 Å². The topological polar surface area (TPSA) is 82.9 Å². The standard InChI is InChI=1S/C14H9N3O2/c15-7-11-4-5-13(16-8-11)14(19)17-12-3-1-2-10(6-12)9-18/h1-6,8-9H,(H,17,19). The number of carbonyl (C=O) groups excluding carboxylic acids is 2. The zero-order chi connectivity index (χ0) is 13.7. The summed E-state index contributed by atoms with van der Waals surface area (Å²) in [4.78, 5) is 26.4. The van der Waals surface area contributed by atoms with E-state index in [2.05, 4.69) is 10.3 Å². The van der Waals surface area contributed by atoms with Crippen LogP contribution >= 0.6 is 0 Å². The predicted octanol–water partition coefficient (Wildman–Crippen LogP) is 2.02. The summed E-state index contributed by atoms with van der Waals surface area (Å²) in [6.07, 6.45) is 2.03. The Morgan fingerprint density at radius 1 is 1.32 bits per heavy atom. The summed E-state index contributed by atoms with van der Waals surface area (Å²) >= 11 is 0. The number of hydrogen-bond acceptors (Lipinski definition) is 4. The maximum Gasteiger partial charge on any atom is 0.274 e. The minimum absolute atomic E-state index is 0.204. The Bertz CT molecular complexity index is 657. The number of anilines is 1. The molecule has 0 atom stereocenters. The van der Waals surface area contributed by atoms with Crippen molar-refractivity contribution in [3.8, 4) is 6.07 Å². The average molecular weight is 251 g/mol. The summed E-state index contributed by atoms with van der Waals surface area (Å²) < 4.78 is 0. The van der Waals surface area contributed by atoms with Gasteiger partial charge in [-0.1, -0.05) is 12.1 Å². The van der Waals surface area contributed by atoms with Gasteiger partial charge in [-0.3, -0.25) is 9.59 Å². The van der Waals surface area contributed by atoms with Gasteiger partial charge in [-0.2, -0.15) is 5.26 Å². The minimum Gasteiger partial charge on any atom is -0.321 e. The highest BCUT2D eigenvalue weighted by atomic mass is 16.1. The average Bonchev–Trinajstić information content (AvgIpc) is 2.47. The fraction of sp³-hybridized carbons (Fsp3) is 0. The van der Waals surface area contributed by atoms with Gasteiger partial charge in [0, 0.05) is 17.4 Å². The monoisotopic (exact) mass is 251 g/mol. The quantitative estimate of drug-likeness (QED) is 0.846. The molecule has 2 aromatic rings. The molecule has 19 heavy (non-hydrogen) atoms. The van der Waals surface area contributed by atoms with Crippen molar-refractivity contribution in [3.63, 3.8) is 0 Å². The molecular weight excluding hydrogens is 242 g/mol.